The molecule has 0 radical (unpaired) electrons. The van der Waals surface area contributed by atoms with Crippen molar-refractivity contribution >= 4 is 71.7 Å². The molecule has 4 aromatic rings. The van der Waals surface area contributed by atoms with Crippen LogP contribution in [0.2, 0.25) is 0 Å². The molecule has 0 saturated carbocycles. The molecule has 0 fully saturated rings. The predicted octanol–water partition coefficient (Wildman–Crippen LogP) is 7.18. The first kappa shape index (κ1) is 35.2. The van der Waals surface area contributed by atoms with Crippen LogP contribution >= 0.6 is 31.9 Å². The summed E-state index contributed by atoms with van der Waals surface area (Å²) in [4.78, 5) is 38.7. The first-order valence-electron chi connectivity index (χ1n) is 13.7. The lowest BCUT2D eigenvalue weighted by Crippen LogP contribution is -2.33. The van der Waals surface area contributed by atoms with Crippen LogP contribution in [0, 0.1) is 36.5 Å². The molecule has 2 N–H and O–H groups in total. The highest BCUT2D eigenvalue weighted by molar-refractivity contribution is 9.11. The molecule has 0 aliphatic rings. The highest BCUT2D eigenvalue weighted by atomic mass is 79.9. The third-order valence-corrected chi connectivity index (χ3v) is 7.96. The van der Waals surface area contributed by atoms with Crippen LogP contribution in [0.4, 0.5) is 4.79 Å². The number of carbonyl (C=O) groups is 3. The van der Waals surface area contributed by atoms with Gasteiger partial charge in [0.15, 0.2) is 0 Å². The first-order chi connectivity index (χ1) is 21.2. The van der Waals surface area contributed by atoms with Gasteiger partial charge in [-0.1, -0.05) is 0 Å². The number of benzene rings is 2. The van der Waals surface area contributed by atoms with Gasteiger partial charge in [0.1, 0.15) is 17.0 Å². The Kier molecular flexibility index (Phi) is 11.4. The number of aromatic nitrogens is 2. The Morgan fingerprint density at radius 2 is 1.49 bits per heavy atom. The number of fused-ring (bicyclic) bond motifs is 2. The highest BCUT2D eigenvalue weighted by Crippen LogP contribution is 2.33. The summed E-state index contributed by atoms with van der Waals surface area (Å²) in [5.41, 5.74) is 4.48. The number of rotatable bonds is 6. The van der Waals surface area contributed by atoms with Gasteiger partial charge in [0.2, 0.25) is 0 Å². The van der Waals surface area contributed by atoms with Gasteiger partial charge in [0.25, 0.3) is 0 Å². The van der Waals surface area contributed by atoms with E-state index < -0.39 is 23.6 Å². The minimum Gasteiger partial charge on any atom is -0.464 e. The van der Waals surface area contributed by atoms with E-state index in [1.165, 1.54) is 14.2 Å². The third-order valence-electron chi connectivity index (χ3n) is 6.73. The Bertz CT molecular complexity index is 1870. The fourth-order valence-corrected chi connectivity index (χ4v) is 5.98. The monoisotopic (exact) mass is 741 g/mol. The Morgan fingerprint density at radius 3 is 2.04 bits per heavy atom. The molecule has 2 aromatic heterocycles. The van der Waals surface area contributed by atoms with Gasteiger partial charge >= 0.3 is 18.0 Å². The molecule has 45 heavy (non-hydrogen) atoms. The molecule has 0 spiro atoms. The summed E-state index contributed by atoms with van der Waals surface area (Å²) in [7, 11) is 2.67. The number of nitriles is 2. The molecule has 236 valence electrons. The van der Waals surface area contributed by atoms with Crippen LogP contribution in [0.1, 0.15) is 70.4 Å². The number of nitrogens with zero attached hydrogens (tertiary/aromatic N) is 3. The number of hydrogen-bond acceptors (Lipinski definition) is 8. The van der Waals surface area contributed by atoms with Crippen molar-refractivity contribution in [2.45, 2.75) is 53.2 Å². The lowest BCUT2D eigenvalue weighted by Gasteiger charge is -2.19. The van der Waals surface area contributed by atoms with Gasteiger partial charge in [0.05, 0.1) is 48.5 Å². The molecule has 4 rings (SSSR count). The second-order valence-corrected chi connectivity index (χ2v) is 12.7. The average molecular weight is 743 g/mol. The fraction of sp³-hybridized carbons (Fsp3) is 0.344. The molecule has 0 saturated heterocycles. The maximum absolute atomic E-state index is 12.4. The lowest BCUT2D eigenvalue weighted by molar-refractivity contribution is 0.0522. The topological polar surface area (TPSA) is 159 Å². The third kappa shape index (κ3) is 8.04. The summed E-state index contributed by atoms with van der Waals surface area (Å²) in [5, 5.41) is 22.5. The van der Waals surface area contributed by atoms with E-state index in [0.29, 0.717) is 42.0 Å². The minimum absolute atomic E-state index is 0.391. The van der Waals surface area contributed by atoms with Crippen molar-refractivity contribution in [3.8, 4) is 12.1 Å². The molecule has 0 atom stereocenters. The Hall–Kier alpha value is -4.33. The van der Waals surface area contributed by atoms with Crippen LogP contribution < -0.4 is 5.32 Å². The number of aryl methyl sites for hydroxylation is 3. The van der Waals surface area contributed by atoms with Crippen LogP contribution in [0.5, 0.6) is 0 Å². The number of H-pyrrole nitrogens is 1. The zero-order valence-electron chi connectivity index (χ0n) is 26.0. The van der Waals surface area contributed by atoms with Crippen molar-refractivity contribution in [1.29, 1.82) is 10.5 Å². The number of alkyl carbamates (subject to hydrolysis) is 1. The second-order valence-electron chi connectivity index (χ2n) is 11.0. The highest BCUT2D eigenvalue weighted by Gasteiger charge is 2.23. The molecule has 13 heteroatoms. The van der Waals surface area contributed by atoms with Gasteiger partial charge in [-0.25, -0.2) is 14.4 Å². The van der Waals surface area contributed by atoms with Crippen molar-refractivity contribution in [3.05, 3.63) is 66.9 Å². The lowest BCUT2D eigenvalue weighted by atomic mass is 10.1. The summed E-state index contributed by atoms with van der Waals surface area (Å²) in [6, 6.07) is 11.1. The van der Waals surface area contributed by atoms with Gasteiger partial charge in [0, 0.05) is 32.8 Å². The Morgan fingerprint density at radius 1 is 0.911 bits per heavy atom. The van der Waals surface area contributed by atoms with E-state index in [2.05, 4.69) is 54.3 Å². The van der Waals surface area contributed by atoms with Gasteiger partial charge < -0.3 is 29.1 Å². The maximum Gasteiger partial charge on any atom is 0.407 e. The number of aromatic amines is 1. The van der Waals surface area contributed by atoms with Crippen LogP contribution in [-0.4, -0.2) is 53.9 Å². The fourth-order valence-electron chi connectivity index (χ4n) is 4.74. The van der Waals surface area contributed by atoms with Crippen molar-refractivity contribution in [1.82, 2.24) is 14.9 Å². The second kappa shape index (κ2) is 14.6. The van der Waals surface area contributed by atoms with Gasteiger partial charge in [-0.05, 0) is 108 Å². The van der Waals surface area contributed by atoms with Crippen molar-refractivity contribution < 1.29 is 28.6 Å². The number of esters is 2. The van der Waals surface area contributed by atoms with E-state index in [-0.39, 0.29) is 0 Å². The largest absolute Gasteiger partial charge is 0.464 e. The van der Waals surface area contributed by atoms with E-state index in [0.717, 1.165) is 41.9 Å². The van der Waals surface area contributed by atoms with Crippen molar-refractivity contribution in [2.24, 2.45) is 0 Å². The van der Waals surface area contributed by atoms with Gasteiger partial charge in [-0.2, -0.15) is 10.5 Å². The summed E-state index contributed by atoms with van der Waals surface area (Å²) in [6.07, 6.45) is 0.105. The normalized spacial score (nSPS) is 10.8. The minimum atomic E-state index is -0.556. The Labute approximate surface area is 277 Å². The van der Waals surface area contributed by atoms with E-state index >= 15 is 0 Å². The molecule has 0 unspecified atom stereocenters. The van der Waals surface area contributed by atoms with Gasteiger partial charge in [-0.15, -0.1) is 0 Å². The van der Waals surface area contributed by atoms with Crippen LogP contribution in [0.25, 0.3) is 21.8 Å². The van der Waals surface area contributed by atoms with Crippen molar-refractivity contribution in [3.63, 3.8) is 0 Å². The molecule has 1 amide bonds. The number of carbonyl (C=O) groups excluding carboxylic acids is 3. The molecule has 2 heterocycles. The maximum atomic E-state index is 12.4. The Balaban J connectivity index is 0.000000276. The summed E-state index contributed by atoms with van der Waals surface area (Å²) >= 11 is 6.88. The van der Waals surface area contributed by atoms with Crippen LogP contribution in [0.15, 0.2) is 33.2 Å². The molecular formula is C32H33Br2N5O6. The molecule has 0 bridgehead atoms. The van der Waals surface area contributed by atoms with Gasteiger partial charge in [-0.3, -0.25) is 0 Å². The number of nitrogens with one attached hydrogen (secondary N) is 2. The predicted molar refractivity (Wildman–Crippen MR) is 176 cm³/mol. The van der Waals surface area contributed by atoms with Crippen molar-refractivity contribution in [2.75, 3.05) is 20.8 Å². The summed E-state index contributed by atoms with van der Waals surface area (Å²) in [5.74, 6) is -0.858. The zero-order valence-corrected chi connectivity index (χ0v) is 29.1. The number of hydrogen-bond donors (Lipinski definition) is 2. The molecule has 2 aromatic carbocycles. The SMILES string of the molecule is COC(=O)c1[nH]c2c(Br)cc(C#N)cc2c1C.COC(=O)c1c(C)c2cc(C#N)cc(Br)c2n1CCCNC(=O)OC(C)(C)C. The van der Waals surface area contributed by atoms with E-state index in [9.17, 15) is 19.6 Å². The number of ether oxygens (including phenoxy) is 3. The number of halogens is 2. The quantitative estimate of drug-likeness (QED) is 0.119. The first-order valence-corrected chi connectivity index (χ1v) is 15.3. The van der Waals surface area contributed by atoms with E-state index in [1.807, 2.05) is 18.4 Å². The molecule has 0 aliphatic carbocycles. The van der Waals surface area contributed by atoms with Crippen LogP contribution in [0.3, 0.4) is 0 Å². The average Bonchev–Trinajstić information content (AvgIpc) is 3.47. The summed E-state index contributed by atoms with van der Waals surface area (Å²) in [6.45, 7) is 9.93. The number of methoxy groups -OCH3 is 2. The standard InChI is InChI=1S/C20H24BrN3O4.C12H9BrN2O2/c1-12-14-9-13(11-22)10-15(21)17(14)24(16(12)18(25)27-5)8-6-7-23-19(26)28-20(2,3)4;1-6-8-3-7(5-14)4-9(13)11(8)15-10(6)12(16)17-2/h9-10H,6-8H2,1-5H3,(H,23,26);3-4,15H,1-2H3. The number of amides is 1. The molecular weight excluding hydrogens is 710 g/mol. The smallest absolute Gasteiger partial charge is 0.407 e. The van der Waals surface area contributed by atoms with E-state index in [1.54, 1.807) is 45.0 Å². The summed E-state index contributed by atoms with van der Waals surface area (Å²) < 4.78 is 18.2. The van der Waals surface area contributed by atoms with E-state index in [4.69, 9.17) is 19.5 Å². The van der Waals surface area contributed by atoms with Crippen LogP contribution in [-0.2, 0) is 20.8 Å². The molecule has 11 nitrogen and oxygen atoms in total. The molecule has 0 aliphatic heterocycles. The zero-order chi connectivity index (χ0) is 33.6.